The first kappa shape index (κ1) is 12.4. The topological polar surface area (TPSA) is 0 Å². The standard InChI is InChI=1S/C21H18/c1-14-3-6-16(7-4-14)17-8-9-18-12-19-11-15(2)5-10-20(19)21(18)13-17/h3-11,13H,12H2,1-2H3. The Morgan fingerprint density at radius 2 is 1.29 bits per heavy atom. The number of aryl methyl sites for hydroxylation is 2. The summed E-state index contributed by atoms with van der Waals surface area (Å²) in [5, 5.41) is 0. The molecule has 0 amide bonds. The van der Waals surface area contributed by atoms with Gasteiger partial charge in [0, 0.05) is 0 Å². The van der Waals surface area contributed by atoms with E-state index in [2.05, 4.69) is 74.5 Å². The SMILES string of the molecule is Cc1ccc(-c2ccc3c(c2)-c2ccc(C)cc2C3)cc1. The molecule has 0 aromatic heterocycles. The predicted molar refractivity (Wildman–Crippen MR) is 89.6 cm³/mol. The molecule has 1 aliphatic carbocycles. The van der Waals surface area contributed by atoms with Gasteiger partial charge in [0.2, 0.25) is 0 Å². The van der Waals surface area contributed by atoms with Crippen molar-refractivity contribution in [3.05, 3.63) is 82.9 Å². The quantitative estimate of drug-likeness (QED) is 0.426. The molecule has 0 saturated heterocycles. The summed E-state index contributed by atoms with van der Waals surface area (Å²) in [7, 11) is 0. The zero-order chi connectivity index (χ0) is 14.4. The lowest BCUT2D eigenvalue weighted by Crippen LogP contribution is -1.83. The second-order valence-corrected chi connectivity index (χ2v) is 6.08. The summed E-state index contributed by atoms with van der Waals surface area (Å²) in [6, 6.07) is 22.5. The van der Waals surface area contributed by atoms with Crippen LogP contribution in [0.4, 0.5) is 0 Å². The van der Waals surface area contributed by atoms with E-state index in [0.717, 1.165) is 6.42 Å². The molecule has 102 valence electrons. The molecule has 0 bridgehead atoms. The average molecular weight is 270 g/mol. The smallest absolute Gasteiger partial charge is 0.00133 e. The molecule has 0 unspecified atom stereocenters. The van der Waals surface area contributed by atoms with Crippen LogP contribution in [0.5, 0.6) is 0 Å². The molecule has 0 nitrogen and oxygen atoms in total. The van der Waals surface area contributed by atoms with E-state index in [-0.39, 0.29) is 0 Å². The molecule has 0 heterocycles. The lowest BCUT2D eigenvalue weighted by atomic mass is 9.98. The van der Waals surface area contributed by atoms with Gasteiger partial charge in [0.05, 0.1) is 0 Å². The van der Waals surface area contributed by atoms with Gasteiger partial charge in [0.1, 0.15) is 0 Å². The first-order valence-electron chi connectivity index (χ1n) is 7.50. The molecule has 3 aromatic rings. The van der Waals surface area contributed by atoms with Gasteiger partial charge in [-0.1, -0.05) is 65.7 Å². The summed E-state index contributed by atoms with van der Waals surface area (Å²) in [6.45, 7) is 4.30. The lowest BCUT2D eigenvalue weighted by molar-refractivity contribution is 1.25. The van der Waals surface area contributed by atoms with E-state index >= 15 is 0 Å². The maximum absolute atomic E-state index is 2.35. The molecule has 3 aromatic carbocycles. The van der Waals surface area contributed by atoms with Crippen molar-refractivity contribution < 1.29 is 0 Å². The van der Waals surface area contributed by atoms with Crippen molar-refractivity contribution in [2.75, 3.05) is 0 Å². The first-order valence-corrected chi connectivity index (χ1v) is 7.50. The van der Waals surface area contributed by atoms with E-state index in [4.69, 9.17) is 0 Å². The average Bonchev–Trinajstić information content (AvgIpc) is 2.84. The van der Waals surface area contributed by atoms with Crippen molar-refractivity contribution in [2.24, 2.45) is 0 Å². The molecule has 4 rings (SSSR count). The highest BCUT2D eigenvalue weighted by atomic mass is 14.2. The minimum absolute atomic E-state index is 1.07. The Hall–Kier alpha value is -2.34. The van der Waals surface area contributed by atoms with E-state index in [1.165, 1.54) is 44.5 Å². The van der Waals surface area contributed by atoms with Crippen LogP contribution in [0.25, 0.3) is 22.3 Å². The largest absolute Gasteiger partial charge is 0.0587 e. The van der Waals surface area contributed by atoms with Crippen LogP contribution in [-0.4, -0.2) is 0 Å². The fourth-order valence-corrected chi connectivity index (χ4v) is 3.24. The molecule has 0 aliphatic heterocycles. The van der Waals surface area contributed by atoms with Crippen LogP contribution in [0.1, 0.15) is 22.3 Å². The Kier molecular flexibility index (Phi) is 2.71. The summed E-state index contributed by atoms with van der Waals surface area (Å²) in [5.41, 5.74) is 11.0. The molecular formula is C21H18. The van der Waals surface area contributed by atoms with E-state index in [1.54, 1.807) is 0 Å². The van der Waals surface area contributed by atoms with Gasteiger partial charge >= 0.3 is 0 Å². The van der Waals surface area contributed by atoms with E-state index < -0.39 is 0 Å². The van der Waals surface area contributed by atoms with Crippen molar-refractivity contribution >= 4 is 0 Å². The summed E-state index contributed by atoms with van der Waals surface area (Å²) in [4.78, 5) is 0. The van der Waals surface area contributed by atoms with Crippen LogP contribution in [0, 0.1) is 13.8 Å². The van der Waals surface area contributed by atoms with Crippen LogP contribution in [-0.2, 0) is 6.42 Å². The van der Waals surface area contributed by atoms with Crippen molar-refractivity contribution in [1.82, 2.24) is 0 Å². The van der Waals surface area contributed by atoms with Gasteiger partial charge in [0.25, 0.3) is 0 Å². The fraction of sp³-hybridized carbons (Fsp3) is 0.143. The van der Waals surface area contributed by atoms with Crippen LogP contribution in [0.3, 0.4) is 0 Å². The summed E-state index contributed by atoms with van der Waals surface area (Å²) in [6.07, 6.45) is 1.07. The second kappa shape index (κ2) is 4.60. The second-order valence-electron chi connectivity index (χ2n) is 6.08. The third-order valence-electron chi connectivity index (χ3n) is 4.43. The third kappa shape index (κ3) is 2.08. The van der Waals surface area contributed by atoms with Crippen molar-refractivity contribution in [2.45, 2.75) is 20.3 Å². The van der Waals surface area contributed by atoms with Crippen LogP contribution >= 0.6 is 0 Å². The highest BCUT2D eigenvalue weighted by Gasteiger charge is 2.18. The number of fused-ring (bicyclic) bond motifs is 3. The lowest BCUT2D eigenvalue weighted by Gasteiger charge is -2.07. The zero-order valence-electron chi connectivity index (χ0n) is 12.5. The van der Waals surface area contributed by atoms with Gasteiger partial charge in [-0.3, -0.25) is 0 Å². The van der Waals surface area contributed by atoms with E-state index in [9.17, 15) is 0 Å². The number of benzene rings is 3. The molecular weight excluding hydrogens is 252 g/mol. The van der Waals surface area contributed by atoms with Gasteiger partial charge in [-0.25, -0.2) is 0 Å². The summed E-state index contributed by atoms with van der Waals surface area (Å²) < 4.78 is 0. The monoisotopic (exact) mass is 270 g/mol. The predicted octanol–water partition coefficient (Wildman–Crippen LogP) is 5.54. The van der Waals surface area contributed by atoms with Gasteiger partial charge < -0.3 is 0 Å². The maximum atomic E-state index is 2.35. The summed E-state index contributed by atoms with van der Waals surface area (Å²) in [5.74, 6) is 0. The van der Waals surface area contributed by atoms with Crippen molar-refractivity contribution in [3.8, 4) is 22.3 Å². The Bertz CT molecular complexity index is 823. The van der Waals surface area contributed by atoms with E-state index in [1.807, 2.05) is 0 Å². The van der Waals surface area contributed by atoms with Crippen molar-refractivity contribution in [1.29, 1.82) is 0 Å². The normalized spacial score (nSPS) is 12.1. The van der Waals surface area contributed by atoms with Gasteiger partial charge in [-0.15, -0.1) is 0 Å². The van der Waals surface area contributed by atoms with Crippen LogP contribution in [0.15, 0.2) is 60.7 Å². The van der Waals surface area contributed by atoms with Crippen LogP contribution in [0.2, 0.25) is 0 Å². The molecule has 0 spiro atoms. The Balaban J connectivity index is 1.84. The fourth-order valence-electron chi connectivity index (χ4n) is 3.24. The summed E-state index contributed by atoms with van der Waals surface area (Å²) >= 11 is 0. The third-order valence-corrected chi connectivity index (χ3v) is 4.43. The molecule has 0 saturated carbocycles. The maximum Gasteiger partial charge on any atom is -0.00133 e. The Labute approximate surface area is 126 Å². The zero-order valence-corrected chi connectivity index (χ0v) is 12.5. The van der Waals surface area contributed by atoms with Crippen molar-refractivity contribution in [3.63, 3.8) is 0 Å². The Morgan fingerprint density at radius 3 is 2.10 bits per heavy atom. The van der Waals surface area contributed by atoms with Crippen LogP contribution < -0.4 is 0 Å². The number of hydrogen-bond acceptors (Lipinski definition) is 0. The van der Waals surface area contributed by atoms with Gasteiger partial charge in [0.15, 0.2) is 0 Å². The van der Waals surface area contributed by atoms with E-state index in [0.29, 0.717) is 0 Å². The highest BCUT2D eigenvalue weighted by Crippen LogP contribution is 2.39. The number of hydrogen-bond donors (Lipinski definition) is 0. The molecule has 0 fully saturated rings. The minimum atomic E-state index is 1.07. The number of rotatable bonds is 1. The molecule has 1 aliphatic rings. The molecule has 0 atom stereocenters. The molecule has 0 N–H and O–H groups in total. The van der Waals surface area contributed by atoms with Gasteiger partial charge in [-0.05, 0) is 59.7 Å². The molecule has 0 heteroatoms. The minimum Gasteiger partial charge on any atom is -0.0587 e. The first-order chi connectivity index (χ1) is 10.2. The Morgan fingerprint density at radius 1 is 0.571 bits per heavy atom. The molecule has 0 radical (unpaired) electrons. The van der Waals surface area contributed by atoms with Gasteiger partial charge in [-0.2, -0.15) is 0 Å². The molecule has 21 heavy (non-hydrogen) atoms. The highest BCUT2D eigenvalue weighted by molar-refractivity contribution is 5.81.